The average Bonchev–Trinajstić information content (AvgIpc) is 3.46. The highest BCUT2D eigenvalue weighted by molar-refractivity contribution is 5.80. The van der Waals surface area contributed by atoms with Crippen LogP contribution in [0.1, 0.15) is 36.9 Å². The quantitative estimate of drug-likeness (QED) is 0.835. The molecule has 4 heteroatoms. The summed E-state index contributed by atoms with van der Waals surface area (Å²) in [5, 5.41) is 0. The van der Waals surface area contributed by atoms with Crippen molar-refractivity contribution in [2.24, 2.45) is 11.7 Å². The van der Waals surface area contributed by atoms with E-state index in [4.69, 9.17) is 5.73 Å². The zero-order valence-corrected chi connectivity index (χ0v) is 14.6. The minimum Gasteiger partial charge on any atom is -0.339 e. The summed E-state index contributed by atoms with van der Waals surface area (Å²) in [6, 6.07) is 16.3. The first-order valence-electron chi connectivity index (χ1n) is 8.91. The third-order valence-corrected chi connectivity index (χ3v) is 4.91. The van der Waals surface area contributed by atoms with Crippen molar-refractivity contribution >= 4 is 5.91 Å². The Morgan fingerprint density at radius 2 is 1.92 bits per heavy atom. The van der Waals surface area contributed by atoms with E-state index in [1.54, 1.807) is 6.07 Å². The number of benzene rings is 2. The lowest BCUT2D eigenvalue weighted by Crippen LogP contribution is -2.41. The van der Waals surface area contributed by atoms with Crippen molar-refractivity contribution in [3.8, 4) is 0 Å². The third kappa shape index (κ3) is 4.45. The molecule has 0 bridgehead atoms. The predicted octanol–water partition coefficient (Wildman–Crippen LogP) is 3.70. The normalized spacial score (nSPS) is 16.3. The van der Waals surface area contributed by atoms with Crippen LogP contribution in [0.25, 0.3) is 0 Å². The minimum atomic E-state index is -0.316. The Morgan fingerprint density at radius 3 is 2.56 bits per heavy atom. The van der Waals surface area contributed by atoms with E-state index in [-0.39, 0.29) is 23.7 Å². The first-order chi connectivity index (χ1) is 12.1. The third-order valence-electron chi connectivity index (χ3n) is 4.91. The highest BCUT2D eigenvalue weighted by atomic mass is 19.1. The lowest BCUT2D eigenvalue weighted by Gasteiger charge is -2.29. The topological polar surface area (TPSA) is 46.3 Å². The SMILES string of the molecule is CC(C(=O)N(CCc1cccc(F)c1)C1CC1)C(N)c1ccccc1. The van der Waals surface area contributed by atoms with Gasteiger partial charge in [0.15, 0.2) is 0 Å². The number of carbonyl (C=O) groups is 1. The number of hydrogen-bond donors (Lipinski definition) is 1. The van der Waals surface area contributed by atoms with Crippen LogP contribution in [-0.2, 0) is 11.2 Å². The molecule has 2 atom stereocenters. The Hall–Kier alpha value is -2.20. The van der Waals surface area contributed by atoms with Crippen molar-refractivity contribution in [1.29, 1.82) is 0 Å². The van der Waals surface area contributed by atoms with Gasteiger partial charge in [-0.3, -0.25) is 4.79 Å². The number of carbonyl (C=O) groups excluding carboxylic acids is 1. The molecule has 0 saturated heterocycles. The fourth-order valence-corrected chi connectivity index (χ4v) is 3.18. The average molecular weight is 340 g/mol. The van der Waals surface area contributed by atoms with Crippen LogP contribution in [0.5, 0.6) is 0 Å². The standard InChI is InChI=1S/C21H25FN2O/c1-15(20(23)17-7-3-2-4-8-17)21(25)24(19-10-11-19)13-12-16-6-5-9-18(22)14-16/h2-9,14-15,19-20H,10-13,23H2,1H3. The molecule has 2 unspecified atom stereocenters. The second-order valence-corrected chi connectivity index (χ2v) is 6.87. The Labute approximate surface area is 148 Å². The summed E-state index contributed by atoms with van der Waals surface area (Å²) in [5.41, 5.74) is 8.22. The lowest BCUT2D eigenvalue weighted by molar-refractivity contribution is -0.136. The van der Waals surface area contributed by atoms with Gasteiger partial charge in [0, 0.05) is 18.6 Å². The van der Waals surface area contributed by atoms with Crippen molar-refractivity contribution in [1.82, 2.24) is 4.90 Å². The summed E-state index contributed by atoms with van der Waals surface area (Å²) in [6.45, 7) is 2.51. The van der Waals surface area contributed by atoms with E-state index in [2.05, 4.69) is 0 Å². The Bertz CT molecular complexity index is 715. The van der Waals surface area contributed by atoms with Crippen LogP contribution in [0.2, 0.25) is 0 Å². The smallest absolute Gasteiger partial charge is 0.227 e. The molecular formula is C21H25FN2O. The van der Waals surface area contributed by atoms with Gasteiger partial charge in [-0.2, -0.15) is 0 Å². The number of nitrogens with zero attached hydrogens (tertiary/aromatic N) is 1. The molecule has 2 aromatic carbocycles. The summed E-state index contributed by atoms with van der Waals surface area (Å²) in [4.78, 5) is 14.9. The van der Waals surface area contributed by atoms with Crippen molar-refractivity contribution in [2.45, 2.75) is 38.3 Å². The molecule has 0 spiro atoms. The minimum absolute atomic E-state index is 0.0928. The number of halogens is 1. The van der Waals surface area contributed by atoms with Crippen molar-refractivity contribution in [2.75, 3.05) is 6.54 Å². The molecule has 3 rings (SSSR count). The van der Waals surface area contributed by atoms with E-state index >= 15 is 0 Å². The van der Waals surface area contributed by atoms with Crippen molar-refractivity contribution < 1.29 is 9.18 Å². The van der Waals surface area contributed by atoms with Gasteiger partial charge in [-0.05, 0) is 42.5 Å². The van der Waals surface area contributed by atoms with E-state index in [0.29, 0.717) is 19.0 Å². The van der Waals surface area contributed by atoms with Crippen LogP contribution in [-0.4, -0.2) is 23.4 Å². The molecule has 2 N–H and O–H groups in total. The van der Waals surface area contributed by atoms with Crippen LogP contribution in [0.4, 0.5) is 4.39 Å². The first-order valence-corrected chi connectivity index (χ1v) is 8.91. The van der Waals surface area contributed by atoms with Crippen molar-refractivity contribution in [3.63, 3.8) is 0 Å². The predicted molar refractivity (Wildman–Crippen MR) is 97.4 cm³/mol. The summed E-state index contributed by atoms with van der Waals surface area (Å²) in [6.07, 6.45) is 2.75. The summed E-state index contributed by atoms with van der Waals surface area (Å²) >= 11 is 0. The Balaban J connectivity index is 1.66. The van der Waals surface area contributed by atoms with Gasteiger partial charge in [0.1, 0.15) is 5.82 Å². The molecule has 0 radical (unpaired) electrons. The maximum absolute atomic E-state index is 13.3. The first kappa shape index (κ1) is 17.6. The van der Waals surface area contributed by atoms with Gasteiger partial charge >= 0.3 is 0 Å². The largest absolute Gasteiger partial charge is 0.339 e. The monoisotopic (exact) mass is 340 g/mol. The van der Waals surface area contributed by atoms with Crippen LogP contribution in [0, 0.1) is 11.7 Å². The number of amides is 1. The molecule has 2 aromatic rings. The van der Waals surface area contributed by atoms with Crippen LogP contribution in [0.15, 0.2) is 54.6 Å². The zero-order valence-electron chi connectivity index (χ0n) is 14.6. The van der Waals surface area contributed by atoms with Crippen LogP contribution >= 0.6 is 0 Å². The van der Waals surface area contributed by atoms with Crippen LogP contribution in [0.3, 0.4) is 0 Å². The van der Waals surface area contributed by atoms with Gasteiger partial charge in [0.05, 0.1) is 5.92 Å². The molecule has 25 heavy (non-hydrogen) atoms. The fourth-order valence-electron chi connectivity index (χ4n) is 3.18. The van der Waals surface area contributed by atoms with Gasteiger partial charge < -0.3 is 10.6 Å². The molecule has 0 aromatic heterocycles. The maximum atomic E-state index is 13.3. The fraction of sp³-hybridized carbons (Fsp3) is 0.381. The van der Waals surface area contributed by atoms with Crippen molar-refractivity contribution in [3.05, 3.63) is 71.5 Å². The van der Waals surface area contributed by atoms with E-state index in [1.165, 1.54) is 12.1 Å². The molecule has 1 amide bonds. The molecule has 0 aliphatic heterocycles. The summed E-state index contributed by atoms with van der Waals surface area (Å²) in [7, 11) is 0. The lowest BCUT2D eigenvalue weighted by atomic mass is 9.94. The molecule has 1 aliphatic rings. The van der Waals surface area contributed by atoms with Gasteiger partial charge in [-0.25, -0.2) is 4.39 Å². The van der Waals surface area contributed by atoms with Crippen LogP contribution < -0.4 is 5.73 Å². The second-order valence-electron chi connectivity index (χ2n) is 6.87. The molecule has 0 heterocycles. The molecule has 1 fully saturated rings. The highest BCUT2D eigenvalue weighted by Gasteiger charge is 2.36. The molecule has 1 aliphatic carbocycles. The van der Waals surface area contributed by atoms with E-state index in [1.807, 2.05) is 48.2 Å². The van der Waals surface area contributed by atoms with Gasteiger partial charge in [-0.1, -0.05) is 49.4 Å². The zero-order chi connectivity index (χ0) is 17.8. The van der Waals surface area contributed by atoms with Gasteiger partial charge in [0.2, 0.25) is 5.91 Å². The van der Waals surface area contributed by atoms with E-state index in [0.717, 1.165) is 24.0 Å². The highest BCUT2D eigenvalue weighted by Crippen LogP contribution is 2.30. The van der Waals surface area contributed by atoms with Gasteiger partial charge in [0.25, 0.3) is 0 Å². The number of nitrogens with two attached hydrogens (primary N) is 1. The number of hydrogen-bond acceptors (Lipinski definition) is 2. The van der Waals surface area contributed by atoms with E-state index in [9.17, 15) is 9.18 Å². The number of rotatable bonds is 7. The molecule has 3 nitrogen and oxygen atoms in total. The summed E-state index contributed by atoms with van der Waals surface area (Å²) in [5.74, 6) is -0.424. The van der Waals surface area contributed by atoms with E-state index < -0.39 is 0 Å². The van der Waals surface area contributed by atoms with Gasteiger partial charge in [-0.15, -0.1) is 0 Å². The molecular weight excluding hydrogens is 315 g/mol. The second kappa shape index (κ2) is 7.79. The Kier molecular flexibility index (Phi) is 5.49. The maximum Gasteiger partial charge on any atom is 0.227 e. The molecule has 132 valence electrons. The summed E-state index contributed by atoms with van der Waals surface area (Å²) < 4.78 is 13.3. The Morgan fingerprint density at radius 1 is 1.20 bits per heavy atom. The molecule has 1 saturated carbocycles.